The fraction of sp³-hybridized carbons (Fsp3) is 0.385. The molecule has 0 saturated heterocycles. The van der Waals surface area contributed by atoms with Crippen LogP contribution in [0.25, 0.3) is 0 Å². The Bertz CT molecular complexity index is 1450. The van der Waals surface area contributed by atoms with Gasteiger partial charge in [-0.25, -0.2) is 26.5 Å². The second kappa shape index (κ2) is 11.6. The summed E-state index contributed by atoms with van der Waals surface area (Å²) in [7, 11) is 0.729. The molecule has 9 nitrogen and oxygen atoms in total. The molecule has 2 N–H and O–H groups in total. The number of hydrogen-bond donors (Lipinski definition) is 2. The second-order valence-electron chi connectivity index (χ2n) is 9.59. The fourth-order valence-corrected chi connectivity index (χ4v) is 5.55. The van der Waals surface area contributed by atoms with Crippen molar-refractivity contribution in [3.63, 3.8) is 0 Å². The van der Waals surface area contributed by atoms with E-state index in [0.29, 0.717) is 43.1 Å². The van der Waals surface area contributed by atoms with E-state index in [2.05, 4.69) is 20.6 Å². The number of benzene rings is 2. The van der Waals surface area contributed by atoms with Gasteiger partial charge >= 0.3 is 0 Å². The molecule has 0 radical (unpaired) electrons. The number of halogens is 3. The normalized spacial score (nSPS) is 14.6. The molecule has 4 rings (SSSR count). The zero-order chi connectivity index (χ0) is 28.4. The molecule has 13 heteroatoms. The summed E-state index contributed by atoms with van der Waals surface area (Å²) in [5.74, 6) is -1.79. The van der Waals surface area contributed by atoms with Gasteiger partial charge in [-0.05, 0) is 48.2 Å². The Kier molecular flexibility index (Phi) is 8.60. The topological polar surface area (TPSA) is 99.7 Å². The number of fused-ring (bicyclic) bond motifs is 1. The minimum atomic E-state index is -3.73. The molecular weight excluding hydrogens is 550 g/mol. The molecule has 210 valence electrons. The predicted octanol–water partition coefficient (Wildman–Crippen LogP) is 4.93. The van der Waals surface area contributed by atoms with Gasteiger partial charge in [0.1, 0.15) is 15.7 Å². The van der Waals surface area contributed by atoms with E-state index in [-0.39, 0.29) is 28.2 Å². The Morgan fingerprint density at radius 3 is 2.41 bits per heavy atom. The molecule has 3 aromatic rings. The van der Waals surface area contributed by atoms with Crippen LogP contribution >= 0.6 is 11.6 Å². The van der Waals surface area contributed by atoms with Crippen LogP contribution in [0.2, 0.25) is 5.02 Å². The lowest BCUT2D eigenvalue weighted by molar-refractivity contribution is -0.0133. The molecule has 2 aromatic carbocycles. The molecule has 0 fully saturated rings. The summed E-state index contributed by atoms with van der Waals surface area (Å²) in [6, 6.07) is 10.3. The van der Waals surface area contributed by atoms with Crippen molar-refractivity contribution >= 4 is 44.8 Å². The minimum Gasteiger partial charge on any atom is -0.495 e. The lowest BCUT2D eigenvalue weighted by atomic mass is 10.0. The molecule has 0 amide bonds. The van der Waals surface area contributed by atoms with Crippen molar-refractivity contribution in [2.75, 3.05) is 51.5 Å². The van der Waals surface area contributed by atoms with E-state index in [4.69, 9.17) is 16.3 Å². The van der Waals surface area contributed by atoms with Crippen LogP contribution in [0.1, 0.15) is 18.1 Å². The average Bonchev–Trinajstić information content (AvgIpc) is 3.06. The Hall–Kier alpha value is -3.06. The van der Waals surface area contributed by atoms with Crippen molar-refractivity contribution in [2.45, 2.75) is 30.6 Å². The maximum absolute atomic E-state index is 13.6. The number of hydrogen-bond acceptors (Lipinski definition) is 8. The Balaban J connectivity index is 1.60. The first kappa shape index (κ1) is 28.9. The van der Waals surface area contributed by atoms with Crippen molar-refractivity contribution in [3.05, 3.63) is 58.7 Å². The van der Waals surface area contributed by atoms with Gasteiger partial charge in [-0.2, -0.15) is 4.98 Å². The van der Waals surface area contributed by atoms with Gasteiger partial charge in [0.2, 0.25) is 16.0 Å². The van der Waals surface area contributed by atoms with Crippen LogP contribution in [0.5, 0.6) is 5.75 Å². The number of nitrogens with one attached hydrogen (secondary N) is 2. The van der Waals surface area contributed by atoms with E-state index in [9.17, 15) is 17.2 Å². The molecule has 0 saturated carbocycles. The summed E-state index contributed by atoms with van der Waals surface area (Å²) in [4.78, 5) is 10.6. The third kappa shape index (κ3) is 6.93. The molecule has 0 atom stereocenters. The van der Waals surface area contributed by atoms with Crippen LogP contribution < -0.4 is 15.4 Å². The quantitative estimate of drug-likeness (QED) is 0.367. The maximum Gasteiger partial charge on any atom is 0.257 e. The van der Waals surface area contributed by atoms with Gasteiger partial charge in [0.25, 0.3) is 5.92 Å². The predicted molar refractivity (Wildman–Crippen MR) is 148 cm³/mol. The van der Waals surface area contributed by atoms with Gasteiger partial charge in [0.15, 0.2) is 5.82 Å². The number of aromatic nitrogens is 2. The van der Waals surface area contributed by atoms with Gasteiger partial charge in [-0.3, -0.25) is 4.90 Å². The monoisotopic (exact) mass is 580 g/mol. The molecule has 2 heterocycles. The largest absolute Gasteiger partial charge is 0.495 e. The summed E-state index contributed by atoms with van der Waals surface area (Å²) >= 11 is 6.35. The van der Waals surface area contributed by atoms with E-state index in [0.717, 1.165) is 22.4 Å². The van der Waals surface area contributed by atoms with E-state index < -0.39 is 15.9 Å². The van der Waals surface area contributed by atoms with Crippen LogP contribution in [0.15, 0.2) is 47.5 Å². The van der Waals surface area contributed by atoms with E-state index in [1.807, 2.05) is 12.1 Å². The summed E-state index contributed by atoms with van der Waals surface area (Å²) in [5.41, 5.74) is 2.98. The maximum atomic E-state index is 13.6. The first-order chi connectivity index (χ1) is 18.4. The van der Waals surface area contributed by atoms with Gasteiger partial charge in [0, 0.05) is 34.1 Å². The first-order valence-corrected chi connectivity index (χ1v) is 14.1. The summed E-state index contributed by atoms with van der Waals surface area (Å²) in [6.07, 6.45) is 2.64. The Labute approximate surface area is 232 Å². The zero-order valence-electron chi connectivity index (χ0n) is 22.1. The minimum absolute atomic E-state index is 0.0708. The Morgan fingerprint density at radius 2 is 1.77 bits per heavy atom. The number of anilines is 4. The highest BCUT2D eigenvalue weighted by molar-refractivity contribution is 7.89. The smallest absolute Gasteiger partial charge is 0.257 e. The van der Waals surface area contributed by atoms with Crippen molar-refractivity contribution in [3.8, 4) is 5.75 Å². The highest BCUT2D eigenvalue weighted by Crippen LogP contribution is 2.34. The summed E-state index contributed by atoms with van der Waals surface area (Å²) < 4.78 is 59.5. The fourth-order valence-electron chi connectivity index (χ4n) is 4.37. The lowest BCUT2D eigenvalue weighted by Gasteiger charge is -2.23. The zero-order valence-corrected chi connectivity index (χ0v) is 23.7. The van der Waals surface area contributed by atoms with Crippen molar-refractivity contribution in [2.24, 2.45) is 0 Å². The van der Waals surface area contributed by atoms with Crippen molar-refractivity contribution in [1.29, 1.82) is 0 Å². The van der Waals surface area contributed by atoms with Crippen molar-refractivity contribution < 1.29 is 21.9 Å². The van der Waals surface area contributed by atoms with Gasteiger partial charge in [-0.1, -0.05) is 23.7 Å². The van der Waals surface area contributed by atoms with Crippen LogP contribution in [0.3, 0.4) is 0 Å². The number of rotatable bonds is 9. The number of ether oxygens (including phenoxy) is 1. The Morgan fingerprint density at radius 1 is 1.10 bits per heavy atom. The van der Waals surface area contributed by atoms with E-state index >= 15 is 0 Å². The van der Waals surface area contributed by atoms with Gasteiger partial charge < -0.3 is 15.4 Å². The molecule has 1 aromatic heterocycles. The molecule has 1 aliphatic rings. The second-order valence-corrected chi connectivity index (χ2v) is 12.1. The average molecular weight is 581 g/mol. The van der Waals surface area contributed by atoms with Crippen LogP contribution in [-0.4, -0.2) is 74.4 Å². The van der Waals surface area contributed by atoms with E-state index in [1.54, 1.807) is 30.2 Å². The molecule has 0 aliphatic carbocycles. The lowest BCUT2D eigenvalue weighted by Crippen LogP contribution is -2.36. The molecule has 0 spiro atoms. The van der Waals surface area contributed by atoms with E-state index in [1.165, 1.54) is 26.4 Å². The van der Waals surface area contributed by atoms with Crippen LogP contribution in [0.4, 0.5) is 31.9 Å². The highest BCUT2D eigenvalue weighted by atomic mass is 35.5. The SMILES string of the molecule is COc1cc2c(cc1Nc1ncc(Cl)c(Nc3ccccc3S(=O)(=O)N(C)C)n1)CCN(CC(C)(F)F)CC2. The molecule has 39 heavy (non-hydrogen) atoms. The molecule has 0 bridgehead atoms. The number of sulfonamides is 1. The number of alkyl halides is 2. The molecule has 0 unspecified atom stereocenters. The standard InChI is InChI=1S/C26H31ClF2N6O3S/c1-26(28,29)16-35-11-9-17-13-21(22(38-4)14-18(17)10-12-35)32-25-30-15-19(27)24(33-25)31-20-7-5-6-8-23(20)39(36,37)34(2)3/h5-8,13-15H,9-12,16H2,1-4H3,(H2,30,31,32,33). The number of methoxy groups -OCH3 is 1. The third-order valence-electron chi connectivity index (χ3n) is 6.31. The number of nitrogens with zero attached hydrogens (tertiary/aromatic N) is 4. The summed E-state index contributed by atoms with van der Waals surface area (Å²) in [5, 5.41) is 6.36. The summed E-state index contributed by atoms with van der Waals surface area (Å²) in [6.45, 7) is 1.71. The van der Waals surface area contributed by atoms with Gasteiger partial charge in [-0.15, -0.1) is 0 Å². The first-order valence-electron chi connectivity index (χ1n) is 12.3. The molecule has 1 aliphatic heterocycles. The van der Waals surface area contributed by atoms with Gasteiger partial charge in [0.05, 0.1) is 31.2 Å². The van der Waals surface area contributed by atoms with Crippen LogP contribution in [0, 0.1) is 0 Å². The highest BCUT2D eigenvalue weighted by Gasteiger charge is 2.27. The van der Waals surface area contributed by atoms with Crippen molar-refractivity contribution in [1.82, 2.24) is 19.2 Å². The van der Waals surface area contributed by atoms with Crippen LogP contribution in [-0.2, 0) is 22.9 Å². The third-order valence-corrected chi connectivity index (χ3v) is 8.46. The molecular formula is C26H31ClF2N6O3S. The number of para-hydroxylation sites is 1.